The highest BCUT2D eigenvalue weighted by Crippen LogP contribution is 2.33. The van der Waals surface area contributed by atoms with Crippen LogP contribution in [0.15, 0.2) is 11.6 Å². The van der Waals surface area contributed by atoms with Crippen LogP contribution >= 0.6 is 0 Å². The maximum Gasteiger partial charge on any atom is 0.0461 e. The smallest absolute Gasteiger partial charge is 0.0461 e. The topological polar surface area (TPSA) is 15.3 Å². The first-order chi connectivity index (χ1) is 9.72. The molecule has 0 radical (unpaired) electrons. The second-order valence-electron chi connectivity index (χ2n) is 6.86. The molecule has 0 aromatic rings. The van der Waals surface area contributed by atoms with Crippen LogP contribution in [-0.4, -0.2) is 36.6 Å². The molecule has 0 saturated carbocycles. The molecule has 2 heteroatoms. The molecule has 1 heterocycles. The normalized spacial score (nSPS) is 26.4. The lowest BCUT2D eigenvalue weighted by atomic mass is 9.80. The molecule has 0 amide bonds. The maximum absolute atomic E-state index is 3.68. The van der Waals surface area contributed by atoms with Gasteiger partial charge in [0.15, 0.2) is 0 Å². The minimum atomic E-state index is 0.283. The van der Waals surface area contributed by atoms with Gasteiger partial charge in [-0.05, 0) is 72.0 Å². The lowest BCUT2D eigenvalue weighted by Gasteiger charge is -2.48. The summed E-state index contributed by atoms with van der Waals surface area (Å²) < 4.78 is 0. The van der Waals surface area contributed by atoms with Gasteiger partial charge in [0, 0.05) is 11.6 Å². The molecule has 2 rings (SSSR count). The van der Waals surface area contributed by atoms with E-state index in [9.17, 15) is 0 Å². The van der Waals surface area contributed by atoms with Gasteiger partial charge in [0.05, 0.1) is 0 Å². The number of piperidine rings is 1. The Bertz CT molecular complexity index is 317. The molecule has 0 bridgehead atoms. The number of likely N-dealkylation sites (tertiary alicyclic amines) is 1. The number of likely N-dealkylation sites (N-methyl/N-ethyl adjacent to an activating group) is 1. The molecule has 1 aliphatic carbocycles. The third-order valence-electron chi connectivity index (χ3n) is 5.65. The molecule has 2 atom stereocenters. The van der Waals surface area contributed by atoms with Crippen molar-refractivity contribution in [2.45, 2.75) is 83.2 Å². The quantitative estimate of drug-likeness (QED) is 0.761. The highest BCUT2D eigenvalue weighted by molar-refractivity contribution is 5.19. The molecule has 1 aliphatic heterocycles. The predicted octanol–water partition coefficient (Wildman–Crippen LogP) is 4.12. The van der Waals surface area contributed by atoms with Gasteiger partial charge >= 0.3 is 0 Å². The van der Waals surface area contributed by atoms with Gasteiger partial charge < -0.3 is 5.32 Å². The van der Waals surface area contributed by atoms with Crippen molar-refractivity contribution in [3.63, 3.8) is 0 Å². The van der Waals surface area contributed by atoms with Crippen LogP contribution < -0.4 is 5.32 Å². The summed E-state index contributed by atoms with van der Waals surface area (Å²) in [5.41, 5.74) is 1.96. The summed E-state index contributed by atoms with van der Waals surface area (Å²) in [5.74, 6) is 0. The summed E-state index contributed by atoms with van der Waals surface area (Å²) in [6.45, 7) is 7.44. The second-order valence-corrected chi connectivity index (χ2v) is 6.86. The number of nitrogens with zero attached hydrogens (tertiary/aromatic N) is 1. The fraction of sp³-hybridized carbons (Fsp3) is 0.889. The van der Waals surface area contributed by atoms with Crippen LogP contribution in [0.25, 0.3) is 0 Å². The number of nitrogens with one attached hydrogen (secondary N) is 1. The van der Waals surface area contributed by atoms with E-state index in [1.165, 1.54) is 70.9 Å². The molecule has 20 heavy (non-hydrogen) atoms. The number of hydrogen-bond donors (Lipinski definition) is 1. The van der Waals surface area contributed by atoms with Crippen molar-refractivity contribution >= 4 is 0 Å². The van der Waals surface area contributed by atoms with Crippen molar-refractivity contribution in [3.05, 3.63) is 11.6 Å². The Morgan fingerprint density at radius 1 is 1.15 bits per heavy atom. The van der Waals surface area contributed by atoms with E-state index in [0.717, 1.165) is 0 Å². The molecule has 1 saturated heterocycles. The third-order valence-corrected chi connectivity index (χ3v) is 5.65. The summed E-state index contributed by atoms with van der Waals surface area (Å²) in [6, 6.07) is 0.531. The van der Waals surface area contributed by atoms with Gasteiger partial charge in [0.2, 0.25) is 0 Å². The first-order valence-electron chi connectivity index (χ1n) is 8.83. The molecule has 116 valence electrons. The highest BCUT2D eigenvalue weighted by atomic mass is 15.2. The molecule has 1 fully saturated rings. The highest BCUT2D eigenvalue weighted by Gasteiger charge is 2.39. The van der Waals surface area contributed by atoms with Gasteiger partial charge in [0.1, 0.15) is 0 Å². The van der Waals surface area contributed by atoms with Crippen LogP contribution in [0.4, 0.5) is 0 Å². The molecule has 2 aliphatic rings. The van der Waals surface area contributed by atoms with Crippen LogP contribution in [0.1, 0.15) is 71.6 Å². The van der Waals surface area contributed by atoms with E-state index in [1.807, 2.05) is 0 Å². The zero-order valence-corrected chi connectivity index (χ0v) is 13.9. The molecular weight excluding hydrogens is 244 g/mol. The van der Waals surface area contributed by atoms with E-state index in [1.54, 1.807) is 5.57 Å². The molecule has 0 spiro atoms. The van der Waals surface area contributed by atoms with E-state index < -0.39 is 0 Å². The third kappa shape index (κ3) is 3.46. The van der Waals surface area contributed by atoms with E-state index >= 15 is 0 Å². The van der Waals surface area contributed by atoms with E-state index in [-0.39, 0.29) is 5.54 Å². The number of allylic oxidation sites excluding steroid dienone is 1. The van der Waals surface area contributed by atoms with Crippen molar-refractivity contribution in [3.8, 4) is 0 Å². The van der Waals surface area contributed by atoms with Crippen molar-refractivity contribution in [2.75, 3.05) is 20.1 Å². The van der Waals surface area contributed by atoms with Gasteiger partial charge in [-0.1, -0.05) is 31.4 Å². The minimum Gasteiger partial charge on any atom is -0.312 e. The fourth-order valence-electron chi connectivity index (χ4n) is 4.21. The Morgan fingerprint density at radius 3 is 2.50 bits per heavy atom. The van der Waals surface area contributed by atoms with Gasteiger partial charge in [-0.2, -0.15) is 0 Å². The second kappa shape index (κ2) is 7.61. The summed E-state index contributed by atoms with van der Waals surface area (Å²) in [7, 11) is 2.16. The van der Waals surface area contributed by atoms with Crippen LogP contribution in [0.5, 0.6) is 0 Å². The van der Waals surface area contributed by atoms with Gasteiger partial charge in [0.25, 0.3) is 0 Å². The Balaban J connectivity index is 2.18. The lowest BCUT2D eigenvalue weighted by molar-refractivity contribution is 0.0544. The van der Waals surface area contributed by atoms with Crippen LogP contribution in [0, 0.1) is 0 Å². The lowest BCUT2D eigenvalue weighted by Crippen LogP contribution is -2.60. The zero-order valence-electron chi connectivity index (χ0n) is 13.9. The Kier molecular flexibility index (Phi) is 6.10. The van der Waals surface area contributed by atoms with Crippen LogP contribution in [-0.2, 0) is 0 Å². The summed E-state index contributed by atoms with van der Waals surface area (Å²) in [5, 5.41) is 3.68. The van der Waals surface area contributed by atoms with Gasteiger partial charge in [-0.15, -0.1) is 0 Å². The molecule has 2 unspecified atom stereocenters. The number of hydrogen-bond acceptors (Lipinski definition) is 2. The van der Waals surface area contributed by atoms with Crippen molar-refractivity contribution in [2.24, 2.45) is 0 Å². The van der Waals surface area contributed by atoms with Crippen molar-refractivity contribution in [1.29, 1.82) is 0 Å². The van der Waals surface area contributed by atoms with E-state index in [4.69, 9.17) is 0 Å². The Labute approximate surface area is 126 Å². The van der Waals surface area contributed by atoms with Crippen molar-refractivity contribution < 1.29 is 0 Å². The average molecular weight is 278 g/mol. The first kappa shape index (κ1) is 16.0. The van der Waals surface area contributed by atoms with Gasteiger partial charge in [-0.3, -0.25) is 4.90 Å². The largest absolute Gasteiger partial charge is 0.312 e. The van der Waals surface area contributed by atoms with Crippen LogP contribution in [0.2, 0.25) is 0 Å². The fourth-order valence-corrected chi connectivity index (χ4v) is 4.21. The summed E-state index contributed by atoms with van der Waals surface area (Å²) in [4.78, 5) is 2.77. The average Bonchev–Trinajstić information content (AvgIpc) is 2.78. The molecule has 2 nitrogen and oxygen atoms in total. The standard InChI is InChI=1S/C18H34N2/c1-4-18(2,20-14-10-7-11-15-20)17(19-3)16-12-8-5-6-9-13-16/h12,17,19H,4-11,13-15H2,1-3H3. The molecular formula is C18H34N2. The Hall–Kier alpha value is -0.340. The van der Waals surface area contributed by atoms with E-state index in [2.05, 4.69) is 37.2 Å². The number of rotatable bonds is 5. The van der Waals surface area contributed by atoms with Gasteiger partial charge in [-0.25, -0.2) is 0 Å². The van der Waals surface area contributed by atoms with E-state index in [0.29, 0.717) is 6.04 Å². The Morgan fingerprint density at radius 2 is 1.85 bits per heavy atom. The minimum absolute atomic E-state index is 0.283. The summed E-state index contributed by atoms with van der Waals surface area (Å²) >= 11 is 0. The molecule has 0 aromatic heterocycles. The predicted molar refractivity (Wildman–Crippen MR) is 88.1 cm³/mol. The molecule has 1 N–H and O–H groups in total. The SMILES string of the molecule is CCC(C)(C(NC)C1=CCCCCC1)N1CCCCC1. The monoisotopic (exact) mass is 278 g/mol. The molecule has 0 aromatic carbocycles. The first-order valence-corrected chi connectivity index (χ1v) is 8.83. The zero-order chi connectivity index (χ0) is 14.4. The van der Waals surface area contributed by atoms with Crippen LogP contribution in [0.3, 0.4) is 0 Å². The maximum atomic E-state index is 3.68. The summed E-state index contributed by atoms with van der Waals surface area (Å²) in [6.07, 6.45) is 14.7. The van der Waals surface area contributed by atoms with Crippen molar-refractivity contribution in [1.82, 2.24) is 10.2 Å².